The van der Waals surface area contributed by atoms with Gasteiger partial charge in [-0.3, -0.25) is 4.99 Å². The second kappa shape index (κ2) is 8.57. The van der Waals surface area contributed by atoms with Crippen LogP contribution in [-0.2, 0) is 9.84 Å². The van der Waals surface area contributed by atoms with Crippen LogP contribution in [0.15, 0.2) is 17.1 Å². The first-order chi connectivity index (χ1) is 9.81. The fraction of sp³-hybridized carbons (Fsp3) is 0.583. The fourth-order valence-corrected chi connectivity index (χ4v) is 2.98. The largest absolute Gasteiger partial charge is 0.386 e. The molecule has 0 aromatic carbocycles. The average molecular weight is 354 g/mol. The third-order valence-electron chi connectivity index (χ3n) is 2.45. The van der Waals surface area contributed by atoms with E-state index in [4.69, 9.17) is 11.6 Å². The monoisotopic (exact) mass is 353 g/mol. The number of hydrogen-bond acceptors (Lipinski definition) is 5. The molecule has 1 rings (SSSR count). The summed E-state index contributed by atoms with van der Waals surface area (Å²) in [6.07, 6.45) is 0.455. The lowest BCUT2D eigenvalue weighted by Crippen LogP contribution is -2.39. The first-order valence-corrected chi connectivity index (χ1v) is 9.70. The number of nitrogens with one attached hydrogen (secondary N) is 2. The highest BCUT2D eigenvalue weighted by atomic mass is 35.5. The fourth-order valence-electron chi connectivity index (χ4n) is 1.47. The number of hydrogen-bond donors (Lipinski definition) is 3. The van der Waals surface area contributed by atoms with E-state index in [1.165, 1.54) is 17.6 Å². The molecule has 0 amide bonds. The average Bonchev–Trinajstić information content (AvgIpc) is 2.81. The van der Waals surface area contributed by atoms with Crippen LogP contribution in [0.1, 0.15) is 17.9 Å². The molecule has 0 saturated heterocycles. The van der Waals surface area contributed by atoms with Gasteiger partial charge in [-0.2, -0.15) is 0 Å². The van der Waals surface area contributed by atoms with Crippen molar-refractivity contribution in [2.75, 3.05) is 31.6 Å². The molecule has 0 aliphatic carbocycles. The Morgan fingerprint density at radius 2 is 2.19 bits per heavy atom. The van der Waals surface area contributed by atoms with Crippen molar-refractivity contribution in [2.24, 2.45) is 4.99 Å². The van der Waals surface area contributed by atoms with Gasteiger partial charge in [0.05, 0.1) is 16.6 Å². The molecule has 1 unspecified atom stereocenters. The SMILES string of the molecule is CCNC(=NCC(O)c1ccc(Cl)s1)NCCS(C)(=O)=O. The summed E-state index contributed by atoms with van der Waals surface area (Å²) in [4.78, 5) is 4.98. The van der Waals surface area contributed by atoms with Crippen LogP contribution in [0.2, 0.25) is 4.34 Å². The number of halogens is 1. The van der Waals surface area contributed by atoms with Crippen molar-refractivity contribution < 1.29 is 13.5 Å². The lowest BCUT2D eigenvalue weighted by atomic mass is 10.3. The number of nitrogens with zero attached hydrogens (tertiary/aromatic N) is 1. The van der Waals surface area contributed by atoms with E-state index in [0.29, 0.717) is 16.8 Å². The number of aliphatic hydroxyl groups excluding tert-OH is 1. The van der Waals surface area contributed by atoms with Crippen LogP contribution in [0.25, 0.3) is 0 Å². The summed E-state index contributed by atoms with van der Waals surface area (Å²) in [6, 6.07) is 3.49. The minimum absolute atomic E-state index is 0.0283. The highest BCUT2D eigenvalue weighted by Gasteiger charge is 2.10. The minimum atomic E-state index is -3.01. The molecule has 0 radical (unpaired) electrons. The maximum atomic E-state index is 11.1. The van der Waals surface area contributed by atoms with E-state index in [9.17, 15) is 13.5 Å². The highest BCUT2D eigenvalue weighted by Crippen LogP contribution is 2.26. The molecule has 21 heavy (non-hydrogen) atoms. The maximum Gasteiger partial charge on any atom is 0.191 e. The highest BCUT2D eigenvalue weighted by molar-refractivity contribution is 7.90. The minimum Gasteiger partial charge on any atom is -0.386 e. The molecule has 3 N–H and O–H groups in total. The molecule has 0 saturated carbocycles. The summed E-state index contributed by atoms with van der Waals surface area (Å²) < 4.78 is 22.8. The summed E-state index contributed by atoms with van der Waals surface area (Å²) in [5.74, 6) is 0.503. The lowest BCUT2D eigenvalue weighted by Gasteiger charge is -2.12. The van der Waals surface area contributed by atoms with Crippen LogP contribution in [-0.4, -0.2) is 51.1 Å². The van der Waals surface area contributed by atoms with E-state index in [0.717, 1.165) is 4.88 Å². The molecule has 1 aromatic heterocycles. The van der Waals surface area contributed by atoms with E-state index < -0.39 is 15.9 Å². The van der Waals surface area contributed by atoms with E-state index in [2.05, 4.69) is 15.6 Å². The molecule has 9 heteroatoms. The first-order valence-electron chi connectivity index (χ1n) is 6.45. The van der Waals surface area contributed by atoms with Crippen LogP contribution in [0, 0.1) is 0 Å². The van der Waals surface area contributed by atoms with Crippen molar-refractivity contribution in [3.63, 3.8) is 0 Å². The summed E-state index contributed by atoms with van der Waals surface area (Å²) in [5, 5.41) is 15.9. The molecule has 0 fully saturated rings. The van der Waals surface area contributed by atoms with Gasteiger partial charge in [0.2, 0.25) is 0 Å². The quantitative estimate of drug-likeness (QED) is 0.503. The zero-order valence-electron chi connectivity index (χ0n) is 12.0. The number of guanidine groups is 1. The zero-order chi connectivity index (χ0) is 15.9. The van der Waals surface area contributed by atoms with E-state index in [1.807, 2.05) is 6.92 Å². The molecule has 1 aromatic rings. The topological polar surface area (TPSA) is 90.8 Å². The van der Waals surface area contributed by atoms with Crippen molar-refractivity contribution in [1.29, 1.82) is 0 Å². The number of sulfone groups is 1. The van der Waals surface area contributed by atoms with Crippen LogP contribution >= 0.6 is 22.9 Å². The van der Waals surface area contributed by atoms with Gasteiger partial charge in [-0.15, -0.1) is 11.3 Å². The molecule has 0 aliphatic rings. The van der Waals surface area contributed by atoms with E-state index >= 15 is 0 Å². The predicted octanol–water partition coefficient (Wildman–Crippen LogP) is 1.03. The normalized spacial score (nSPS) is 14.0. The van der Waals surface area contributed by atoms with Crippen molar-refractivity contribution in [1.82, 2.24) is 10.6 Å². The van der Waals surface area contributed by atoms with Crippen molar-refractivity contribution in [2.45, 2.75) is 13.0 Å². The number of thiophene rings is 1. The third kappa shape index (κ3) is 7.66. The lowest BCUT2D eigenvalue weighted by molar-refractivity contribution is 0.191. The second-order valence-corrected chi connectivity index (χ2v) is 8.44. The second-order valence-electron chi connectivity index (χ2n) is 4.43. The molecular weight excluding hydrogens is 334 g/mol. The van der Waals surface area contributed by atoms with Gasteiger partial charge in [0, 0.05) is 24.2 Å². The number of aliphatic imine (C=N–C) groups is 1. The molecule has 0 spiro atoms. The smallest absolute Gasteiger partial charge is 0.191 e. The number of aliphatic hydroxyl groups is 1. The van der Waals surface area contributed by atoms with Gasteiger partial charge in [-0.25, -0.2) is 8.42 Å². The van der Waals surface area contributed by atoms with Crippen molar-refractivity contribution in [3.05, 3.63) is 21.3 Å². The Bertz CT molecular complexity index is 572. The zero-order valence-corrected chi connectivity index (χ0v) is 14.4. The molecule has 6 nitrogen and oxygen atoms in total. The Hall–Kier alpha value is -0.830. The standard InChI is InChI=1S/C12H20ClN3O3S2/c1-3-14-12(15-6-7-21(2,18)19)16-8-9(17)10-4-5-11(13)20-10/h4-5,9,17H,3,6-8H2,1-2H3,(H2,14,15,16). The Balaban J connectivity index is 2.54. The van der Waals surface area contributed by atoms with E-state index in [-0.39, 0.29) is 18.8 Å². The van der Waals surface area contributed by atoms with Crippen LogP contribution in [0.3, 0.4) is 0 Å². The molecule has 0 bridgehead atoms. The third-order valence-corrected chi connectivity index (χ3v) is 4.73. The molecular formula is C12H20ClN3O3S2. The summed E-state index contributed by atoms with van der Waals surface area (Å²) in [6.45, 7) is 2.99. The molecule has 1 heterocycles. The van der Waals surface area contributed by atoms with Gasteiger partial charge in [0.15, 0.2) is 5.96 Å². The molecule has 120 valence electrons. The van der Waals surface area contributed by atoms with Gasteiger partial charge in [0.25, 0.3) is 0 Å². The van der Waals surface area contributed by atoms with Crippen LogP contribution in [0.5, 0.6) is 0 Å². The summed E-state index contributed by atoms with van der Waals surface area (Å²) >= 11 is 7.13. The van der Waals surface area contributed by atoms with Crippen molar-refractivity contribution in [3.8, 4) is 0 Å². The Labute approximate surface area is 134 Å². The summed E-state index contributed by atoms with van der Waals surface area (Å²) in [7, 11) is -3.01. The van der Waals surface area contributed by atoms with Crippen LogP contribution in [0.4, 0.5) is 0 Å². The van der Waals surface area contributed by atoms with Crippen LogP contribution < -0.4 is 10.6 Å². The first kappa shape index (κ1) is 18.2. The Morgan fingerprint density at radius 1 is 1.48 bits per heavy atom. The number of rotatable bonds is 7. The Morgan fingerprint density at radius 3 is 2.71 bits per heavy atom. The van der Waals surface area contributed by atoms with E-state index in [1.54, 1.807) is 12.1 Å². The summed E-state index contributed by atoms with van der Waals surface area (Å²) in [5.41, 5.74) is 0. The molecule has 0 aliphatic heterocycles. The van der Waals surface area contributed by atoms with Gasteiger partial charge in [-0.1, -0.05) is 11.6 Å². The van der Waals surface area contributed by atoms with Gasteiger partial charge in [-0.05, 0) is 19.1 Å². The molecule has 1 atom stereocenters. The van der Waals surface area contributed by atoms with Gasteiger partial charge >= 0.3 is 0 Å². The van der Waals surface area contributed by atoms with Gasteiger partial charge in [0.1, 0.15) is 15.9 Å². The maximum absolute atomic E-state index is 11.1. The Kier molecular flexibility index (Phi) is 7.44. The predicted molar refractivity (Wildman–Crippen MR) is 88.0 cm³/mol. The van der Waals surface area contributed by atoms with Gasteiger partial charge < -0.3 is 15.7 Å². The van der Waals surface area contributed by atoms with Crippen molar-refractivity contribution >= 4 is 38.7 Å².